The molecule has 2 heterocycles. The van der Waals surface area contributed by atoms with E-state index in [0.717, 1.165) is 32.5 Å². The molecule has 2 aliphatic heterocycles. The van der Waals surface area contributed by atoms with Crippen molar-refractivity contribution in [3.05, 3.63) is 29.8 Å². The van der Waals surface area contributed by atoms with Gasteiger partial charge in [0.2, 0.25) is 0 Å². The van der Waals surface area contributed by atoms with Gasteiger partial charge in [-0.25, -0.2) is 0 Å². The molecule has 2 fully saturated rings. The molecule has 0 aliphatic carbocycles. The van der Waals surface area contributed by atoms with Gasteiger partial charge >= 0.3 is 6.18 Å². The van der Waals surface area contributed by atoms with Gasteiger partial charge in [0.1, 0.15) is 5.75 Å². The van der Waals surface area contributed by atoms with Crippen LogP contribution in [0.15, 0.2) is 24.3 Å². The summed E-state index contributed by atoms with van der Waals surface area (Å²) < 4.78 is 47.1. The molecule has 2 saturated heterocycles. The van der Waals surface area contributed by atoms with Crippen LogP contribution in [0.3, 0.4) is 0 Å². The Balaban J connectivity index is 1.46. The molecule has 8 heteroatoms. The highest BCUT2D eigenvalue weighted by Gasteiger charge is 2.29. The molecule has 1 aromatic carbocycles. The molecule has 0 N–H and O–H groups in total. The first-order valence-corrected chi connectivity index (χ1v) is 10.2. The van der Waals surface area contributed by atoms with Gasteiger partial charge in [0.25, 0.3) is 5.91 Å². The van der Waals surface area contributed by atoms with Crippen molar-refractivity contribution in [2.75, 3.05) is 39.3 Å². The van der Waals surface area contributed by atoms with E-state index in [2.05, 4.69) is 23.5 Å². The number of likely N-dealkylation sites (tertiary alicyclic amines) is 1. The summed E-state index contributed by atoms with van der Waals surface area (Å²) in [6.45, 7) is 7.20. The van der Waals surface area contributed by atoms with E-state index in [0.29, 0.717) is 24.6 Å². The maximum absolute atomic E-state index is 12.7. The normalized spacial score (nSPS) is 24.5. The lowest BCUT2D eigenvalue weighted by Crippen LogP contribution is -2.48. The van der Waals surface area contributed by atoms with Crippen LogP contribution in [0.4, 0.5) is 13.2 Å². The number of benzene rings is 1. The molecule has 0 aromatic heterocycles. The average molecular weight is 414 g/mol. The van der Waals surface area contributed by atoms with Crippen LogP contribution in [-0.4, -0.2) is 73.4 Å². The number of rotatable bonds is 5. The zero-order valence-corrected chi connectivity index (χ0v) is 17.0. The van der Waals surface area contributed by atoms with Crippen LogP contribution >= 0.6 is 0 Å². The van der Waals surface area contributed by atoms with Gasteiger partial charge in [-0.05, 0) is 56.9 Å². The number of piperidine rings is 1. The summed E-state index contributed by atoms with van der Waals surface area (Å²) in [5.41, 5.74) is 0.471. The smallest absolute Gasteiger partial charge is 0.422 e. The minimum atomic E-state index is -4.38. The Bertz CT molecular complexity index is 663. The molecule has 1 amide bonds. The highest BCUT2D eigenvalue weighted by molar-refractivity contribution is 5.94. The molecule has 0 radical (unpaired) electrons. The number of carbonyl (C=O) groups is 1. The molecule has 0 bridgehead atoms. The van der Waals surface area contributed by atoms with Gasteiger partial charge in [0, 0.05) is 38.3 Å². The number of nitrogens with zero attached hydrogens (tertiary/aromatic N) is 2. The molecule has 0 saturated carbocycles. The fourth-order valence-corrected chi connectivity index (χ4v) is 4.16. The topological polar surface area (TPSA) is 42.0 Å². The van der Waals surface area contributed by atoms with Crippen molar-refractivity contribution in [3.8, 4) is 5.75 Å². The Morgan fingerprint density at radius 1 is 1.10 bits per heavy atom. The van der Waals surface area contributed by atoms with Crippen LogP contribution in [0.1, 0.15) is 37.0 Å². The number of alkyl halides is 3. The summed E-state index contributed by atoms with van der Waals surface area (Å²) in [5, 5.41) is 0. The van der Waals surface area contributed by atoms with Crippen molar-refractivity contribution in [3.63, 3.8) is 0 Å². The van der Waals surface area contributed by atoms with Crippen molar-refractivity contribution in [1.29, 1.82) is 0 Å². The highest BCUT2D eigenvalue weighted by Crippen LogP contribution is 2.23. The maximum Gasteiger partial charge on any atom is 0.422 e. The fraction of sp³-hybridized carbons (Fsp3) is 0.667. The van der Waals surface area contributed by atoms with Crippen molar-refractivity contribution in [2.45, 2.75) is 45.1 Å². The molecule has 0 spiro atoms. The zero-order chi connectivity index (χ0) is 21.0. The third-order valence-electron chi connectivity index (χ3n) is 5.42. The molecule has 162 valence electrons. The van der Waals surface area contributed by atoms with Crippen LogP contribution in [0, 0.1) is 5.92 Å². The second-order valence-corrected chi connectivity index (χ2v) is 8.14. The van der Waals surface area contributed by atoms with E-state index in [4.69, 9.17) is 4.74 Å². The van der Waals surface area contributed by atoms with Crippen LogP contribution < -0.4 is 4.74 Å². The minimum absolute atomic E-state index is 0.0839. The predicted octanol–water partition coefficient (Wildman–Crippen LogP) is 3.59. The lowest BCUT2D eigenvalue weighted by Gasteiger charge is -2.39. The number of hydrogen-bond donors (Lipinski definition) is 0. The van der Waals surface area contributed by atoms with Crippen LogP contribution in [0.25, 0.3) is 0 Å². The quantitative estimate of drug-likeness (QED) is 0.739. The maximum atomic E-state index is 12.7. The van der Waals surface area contributed by atoms with E-state index < -0.39 is 12.8 Å². The summed E-state index contributed by atoms with van der Waals surface area (Å²) in [7, 11) is 0. The third kappa shape index (κ3) is 6.60. The average Bonchev–Trinajstić information content (AvgIpc) is 2.65. The minimum Gasteiger partial charge on any atom is -0.484 e. The summed E-state index contributed by atoms with van der Waals surface area (Å²) >= 11 is 0. The van der Waals surface area contributed by atoms with E-state index in [1.165, 1.54) is 24.3 Å². The lowest BCUT2D eigenvalue weighted by atomic mass is 9.95. The van der Waals surface area contributed by atoms with Crippen LogP contribution in [0.2, 0.25) is 0 Å². The second kappa shape index (κ2) is 9.34. The van der Waals surface area contributed by atoms with E-state index in [1.807, 2.05) is 4.90 Å². The molecule has 29 heavy (non-hydrogen) atoms. The highest BCUT2D eigenvalue weighted by atomic mass is 19.4. The van der Waals surface area contributed by atoms with Gasteiger partial charge in [0.05, 0.1) is 12.2 Å². The fourth-order valence-electron chi connectivity index (χ4n) is 4.16. The van der Waals surface area contributed by atoms with Crippen LogP contribution in [0.5, 0.6) is 5.75 Å². The summed E-state index contributed by atoms with van der Waals surface area (Å²) in [6, 6.07) is 5.87. The lowest BCUT2D eigenvalue weighted by molar-refractivity contribution is -0.153. The summed E-state index contributed by atoms with van der Waals surface area (Å²) in [5.74, 6) is 0.584. The monoisotopic (exact) mass is 414 g/mol. The second-order valence-electron chi connectivity index (χ2n) is 8.14. The van der Waals surface area contributed by atoms with Gasteiger partial charge in [-0.15, -0.1) is 0 Å². The summed E-state index contributed by atoms with van der Waals surface area (Å²) in [4.78, 5) is 17.0. The van der Waals surface area contributed by atoms with Gasteiger partial charge < -0.3 is 14.4 Å². The molecule has 2 aliphatic rings. The number of hydrogen-bond acceptors (Lipinski definition) is 4. The Morgan fingerprint density at radius 2 is 1.69 bits per heavy atom. The Labute approximate surface area is 169 Å². The molecule has 5 nitrogen and oxygen atoms in total. The van der Waals surface area contributed by atoms with Gasteiger partial charge in [-0.1, -0.05) is 0 Å². The number of ether oxygens (including phenoxy) is 2. The van der Waals surface area contributed by atoms with E-state index >= 15 is 0 Å². The number of morpholine rings is 1. The van der Waals surface area contributed by atoms with Crippen molar-refractivity contribution >= 4 is 5.91 Å². The third-order valence-corrected chi connectivity index (χ3v) is 5.42. The molecule has 2 atom stereocenters. The van der Waals surface area contributed by atoms with Crippen molar-refractivity contribution in [1.82, 2.24) is 9.80 Å². The number of carbonyl (C=O) groups excluding carboxylic acids is 1. The number of amides is 1. The van der Waals surface area contributed by atoms with Gasteiger partial charge in [-0.2, -0.15) is 13.2 Å². The SMILES string of the molecule is CC1CN(CC2CCN(C(=O)c3ccc(OCC(F)(F)F)cc3)CC2)CC(C)O1. The van der Waals surface area contributed by atoms with Crippen molar-refractivity contribution in [2.24, 2.45) is 5.92 Å². The standard InChI is InChI=1S/C21H29F3N2O3/c1-15-11-25(12-16(2)29-15)13-17-7-9-26(10-8-17)20(27)18-3-5-19(6-4-18)28-14-21(22,23)24/h3-6,15-17H,7-14H2,1-2H3. The van der Waals surface area contributed by atoms with Crippen LogP contribution in [-0.2, 0) is 4.74 Å². The molecule has 1 aromatic rings. The summed E-state index contributed by atoms with van der Waals surface area (Å²) in [6.07, 6.45) is -1.96. The van der Waals surface area contributed by atoms with E-state index in [9.17, 15) is 18.0 Å². The van der Waals surface area contributed by atoms with Gasteiger partial charge in [-0.3, -0.25) is 9.69 Å². The van der Waals surface area contributed by atoms with E-state index in [-0.39, 0.29) is 23.9 Å². The predicted molar refractivity (Wildman–Crippen MR) is 103 cm³/mol. The zero-order valence-electron chi connectivity index (χ0n) is 17.0. The van der Waals surface area contributed by atoms with Crippen molar-refractivity contribution < 1.29 is 27.4 Å². The first-order chi connectivity index (χ1) is 13.7. The molecule has 2 unspecified atom stereocenters. The largest absolute Gasteiger partial charge is 0.484 e. The Kier molecular flexibility index (Phi) is 7.05. The molecular formula is C21H29F3N2O3. The Morgan fingerprint density at radius 3 is 2.24 bits per heavy atom. The molecule has 3 rings (SSSR count). The van der Waals surface area contributed by atoms with E-state index in [1.54, 1.807) is 0 Å². The van der Waals surface area contributed by atoms with Gasteiger partial charge in [0.15, 0.2) is 6.61 Å². The Hall–Kier alpha value is -1.80. The number of halogens is 3. The first kappa shape index (κ1) is 21.9. The molecular weight excluding hydrogens is 385 g/mol. The first-order valence-electron chi connectivity index (χ1n) is 10.2.